The Balaban J connectivity index is 1.76. The van der Waals surface area contributed by atoms with Gasteiger partial charge in [-0.25, -0.2) is 4.98 Å². The van der Waals surface area contributed by atoms with Gasteiger partial charge in [0.05, 0.1) is 0 Å². The van der Waals surface area contributed by atoms with E-state index in [4.69, 9.17) is 11.6 Å². The molecule has 18 heavy (non-hydrogen) atoms. The van der Waals surface area contributed by atoms with Crippen LogP contribution in [0.25, 0.3) is 0 Å². The van der Waals surface area contributed by atoms with Crippen molar-refractivity contribution >= 4 is 28.8 Å². The second-order valence-corrected chi connectivity index (χ2v) is 6.32. The molecule has 1 aliphatic rings. The van der Waals surface area contributed by atoms with Crippen LogP contribution in [0, 0.1) is 6.92 Å². The van der Waals surface area contributed by atoms with Crippen molar-refractivity contribution in [3.8, 4) is 0 Å². The Bertz CT molecular complexity index is 415. The molecule has 1 aromatic rings. The van der Waals surface area contributed by atoms with E-state index in [9.17, 15) is 4.79 Å². The van der Waals surface area contributed by atoms with E-state index in [2.05, 4.69) is 15.2 Å². The Kier molecular flexibility index (Phi) is 4.97. The van der Waals surface area contributed by atoms with Gasteiger partial charge in [0.2, 0.25) is 0 Å². The molecule has 1 fully saturated rings. The summed E-state index contributed by atoms with van der Waals surface area (Å²) in [7, 11) is 0. The van der Waals surface area contributed by atoms with Crippen LogP contribution in [0.4, 0.5) is 0 Å². The van der Waals surface area contributed by atoms with Crippen molar-refractivity contribution in [2.24, 2.45) is 0 Å². The maximum absolute atomic E-state index is 11.9. The van der Waals surface area contributed by atoms with Crippen LogP contribution in [0.15, 0.2) is 0 Å². The van der Waals surface area contributed by atoms with Gasteiger partial charge in [0.15, 0.2) is 4.47 Å². The van der Waals surface area contributed by atoms with Gasteiger partial charge < -0.3 is 10.2 Å². The van der Waals surface area contributed by atoms with Crippen molar-refractivity contribution in [3.63, 3.8) is 0 Å². The molecule has 0 radical (unpaired) electrons. The summed E-state index contributed by atoms with van der Waals surface area (Å²) < 4.78 is 0.425. The lowest BCUT2D eigenvalue weighted by Gasteiger charge is -2.26. The minimum atomic E-state index is -0.118. The first-order valence-electron chi connectivity index (χ1n) is 6.30. The molecule has 2 rings (SSSR count). The third kappa shape index (κ3) is 3.67. The fourth-order valence-corrected chi connectivity index (χ4v) is 3.23. The zero-order chi connectivity index (χ0) is 13.0. The van der Waals surface area contributed by atoms with Gasteiger partial charge in [-0.3, -0.25) is 4.79 Å². The average molecular weight is 288 g/mol. The molecule has 1 amide bonds. The van der Waals surface area contributed by atoms with Crippen LogP contribution >= 0.6 is 22.9 Å². The summed E-state index contributed by atoms with van der Waals surface area (Å²) in [5.41, 5.74) is 0.462. The molecule has 4 nitrogen and oxygen atoms in total. The number of amides is 1. The van der Waals surface area contributed by atoms with Gasteiger partial charge in [-0.2, -0.15) is 0 Å². The molecule has 1 aromatic heterocycles. The van der Waals surface area contributed by atoms with E-state index in [1.165, 1.54) is 30.6 Å². The summed E-state index contributed by atoms with van der Waals surface area (Å²) in [6.07, 6.45) is 3.88. The number of likely N-dealkylation sites (tertiary alicyclic amines) is 1. The number of carbonyl (C=O) groups excluding carboxylic acids is 1. The van der Waals surface area contributed by atoms with Gasteiger partial charge in [-0.1, -0.05) is 18.0 Å². The van der Waals surface area contributed by atoms with E-state index in [0.717, 1.165) is 24.5 Å². The molecule has 0 spiro atoms. The van der Waals surface area contributed by atoms with Crippen molar-refractivity contribution in [1.29, 1.82) is 0 Å². The van der Waals surface area contributed by atoms with E-state index in [-0.39, 0.29) is 5.91 Å². The lowest BCUT2D eigenvalue weighted by Crippen LogP contribution is -2.37. The molecule has 1 aliphatic heterocycles. The van der Waals surface area contributed by atoms with Crippen LogP contribution in [0.1, 0.15) is 34.6 Å². The summed E-state index contributed by atoms with van der Waals surface area (Å²) in [4.78, 5) is 19.2. The highest BCUT2D eigenvalue weighted by Gasteiger charge is 2.15. The van der Waals surface area contributed by atoms with Gasteiger partial charge in [0.25, 0.3) is 5.91 Å². The summed E-state index contributed by atoms with van der Waals surface area (Å²) in [5.74, 6) is -0.118. The number of carbonyl (C=O) groups is 1. The molecule has 2 heterocycles. The normalized spacial score (nSPS) is 16.8. The number of nitrogens with zero attached hydrogens (tertiary/aromatic N) is 2. The fraction of sp³-hybridized carbons (Fsp3) is 0.667. The molecule has 0 aromatic carbocycles. The van der Waals surface area contributed by atoms with Crippen molar-refractivity contribution < 1.29 is 4.79 Å². The van der Waals surface area contributed by atoms with E-state index in [1.54, 1.807) is 0 Å². The molecular formula is C12H18ClN3OS. The molecule has 6 heteroatoms. The largest absolute Gasteiger partial charge is 0.349 e. The molecule has 1 saturated heterocycles. The van der Waals surface area contributed by atoms with E-state index >= 15 is 0 Å². The quantitative estimate of drug-likeness (QED) is 0.924. The molecular weight excluding hydrogens is 270 g/mol. The number of thiazole rings is 1. The highest BCUT2D eigenvalue weighted by molar-refractivity contribution is 7.15. The first-order valence-corrected chi connectivity index (χ1v) is 7.50. The molecule has 0 unspecified atom stereocenters. The second-order valence-electron chi connectivity index (χ2n) is 4.53. The maximum Gasteiger partial charge on any atom is 0.271 e. The predicted molar refractivity (Wildman–Crippen MR) is 74.5 cm³/mol. The van der Waals surface area contributed by atoms with Crippen LogP contribution in [-0.4, -0.2) is 42.0 Å². The Morgan fingerprint density at radius 3 is 2.78 bits per heavy atom. The number of rotatable bonds is 4. The first-order chi connectivity index (χ1) is 8.66. The molecule has 0 bridgehead atoms. The monoisotopic (exact) mass is 287 g/mol. The Labute approximate surface area is 116 Å². The van der Waals surface area contributed by atoms with Crippen LogP contribution < -0.4 is 5.32 Å². The zero-order valence-electron chi connectivity index (χ0n) is 10.5. The van der Waals surface area contributed by atoms with Crippen molar-refractivity contribution in [3.05, 3.63) is 15.0 Å². The second kappa shape index (κ2) is 6.50. The van der Waals surface area contributed by atoms with Crippen LogP contribution in [0.2, 0.25) is 4.47 Å². The number of piperidine rings is 1. The van der Waals surface area contributed by atoms with Gasteiger partial charge in [0.1, 0.15) is 5.69 Å². The number of aryl methyl sites for hydroxylation is 1. The SMILES string of the molecule is Cc1sc(Cl)nc1C(=O)NCCN1CCCCC1. The highest BCUT2D eigenvalue weighted by Crippen LogP contribution is 2.21. The number of nitrogens with one attached hydrogen (secondary N) is 1. The summed E-state index contributed by atoms with van der Waals surface area (Å²) in [6.45, 7) is 5.76. The van der Waals surface area contributed by atoms with E-state index in [1.807, 2.05) is 6.92 Å². The van der Waals surface area contributed by atoms with Gasteiger partial charge in [-0.15, -0.1) is 11.3 Å². The van der Waals surface area contributed by atoms with E-state index in [0.29, 0.717) is 16.7 Å². The van der Waals surface area contributed by atoms with Crippen molar-refractivity contribution in [2.45, 2.75) is 26.2 Å². The number of aromatic nitrogens is 1. The minimum Gasteiger partial charge on any atom is -0.349 e. The number of hydrogen-bond acceptors (Lipinski definition) is 4. The summed E-state index contributed by atoms with van der Waals surface area (Å²) in [6, 6.07) is 0. The van der Waals surface area contributed by atoms with E-state index < -0.39 is 0 Å². The molecule has 100 valence electrons. The molecule has 0 atom stereocenters. The van der Waals surface area contributed by atoms with Crippen molar-refractivity contribution in [2.75, 3.05) is 26.2 Å². The number of halogens is 1. The fourth-order valence-electron chi connectivity index (χ4n) is 2.17. The van der Waals surface area contributed by atoms with Crippen molar-refractivity contribution in [1.82, 2.24) is 15.2 Å². The van der Waals surface area contributed by atoms with Gasteiger partial charge in [0, 0.05) is 18.0 Å². The minimum absolute atomic E-state index is 0.118. The third-order valence-electron chi connectivity index (χ3n) is 3.15. The standard InChI is InChI=1S/C12H18ClN3OS/c1-9-10(15-12(13)18-9)11(17)14-5-8-16-6-3-2-4-7-16/h2-8H2,1H3,(H,14,17). The first kappa shape index (κ1) is 13.8. The third-order valence-corrected chi connectivity index (χ3v) is 4.22. The Morgan fingerprint density at radius 1 is 1.44 bits per heavy atom. The predicted octanol–water partition coefficient (Wildman–Crippen LogP) is 2.32. The molecule has 0 aliphatic carbocycles. The molecule has 0 saturated carbocycles. The van der Waals surface area contributed by atoms with Gasteiger partial charge in [-0.05, 0) is 32.9 Å². The summed E-state index contributed by atoms with van der Waals surface area (Å²) >= 11 is 7.13. The summed E-state index contributed by atoms with van der Waals surface area (Å²) in [5, 5.41) is 2.91. The lowest BCUT2D eigenvalue weighted by molar-refractivity contribution is 0.0941. The lowest BCUT2D eigenvalue weighted by atomic mass is 10.1. The maximum atomic E-state index is 11.9. The van der Waals surface area contributed by atoms with Gasteiger partial charge >= 0.3 is 0 Å². The smallest absolute Gasteiger partial charge is 0.271 e. The Morgan fingerprint density at radius 2 is 2.17 bits per heavy atom. The Hall–Kier alpha value is -0.650. The topological polar surface area (TPSA) is 45.2 Å². The highest BCUT2D eigenvalue weighted by atomic mass is 35.5. The number of hydrogen-bond donors (Lipinski definition) is 1. The van der Waals surface area contributed by atoms with Crippen LogP contribution in [-0.2, 0) is 0 Å². The van der Waals surface area contributed by atoms with Crippen LogP contribution in [0.3, 0.4) is 0 Å². The zero-order valence-corrected chi connectivity index (χ0v) is 12.1. The molecule has 1 N–H and O–H groups in total. The van der Waals surface area contributed by atoms with Crippen LogP contribution in [0.5, 0.6) is 0 Å². The average Bonchev–Trinajstić information content (AvgIpc) is 2.70.